The number of hydrogen-bond donors (Lipinski definition) is 2. The van der Waals surface area contributed by atoms with Crippen molar-refractivity contribution in [2.24, 2.45) is 0 Å². The van der Waals surface area contributed by atoms with E-state index in [2.05, 4.69) is 5.32 Å². The molecule has 3 aromatic rings. The minimum Gasteiger partial charge on any atom is -0.493 e. The van der Waals surface area contributed by atoms with E-state index in [9.17, 15) is 38.0 Å². The average Bonchev–Trinajstić information content (AvgIpc) is 2.87. The summed E-state index contributed by atoms with van der Waals surface area (Å²) in [6.45, 7) is -0.437. The molecule has 3 rings (SSSR count). The number of halogens is 3. The highest BCUT2D eigenvalue weighted by molar-refractivity contribution is 6.02. The van der Waals surface area contributed by atoms with Crippen molar-refractivity contribution in [1.29, 1.82) is 0 Å². The van der Waals surface area contributed by atoms with Gasteiger partial charge in [0.1, 0.15) is 12.3 Å². The number of nitrogens with zero attached hydrogens (tertiary/aromatic N) is 1. The lowest BCUT2D eigenvalue weighted by Gasteiger charge is -2.13. The Hall–Kier alpha value is -4.87. The van der Waals surface area contributed by atoms with Crippen LogP contribution in [0.1, 0.15) is 27.0 Å². The van der Waals surface area contributed by atoms with Crippen molar-refractivity contribution in [2.75, 3.05) is 7.11 Å². The maximum atomic E-state index is 12.9. The predicted molar refractivity (Wildman–Crippen MR) is 125 cm³/mol. The molecule has 0 heterocycles. The number of benzene rings is 3. The van der Waals surface area contributed by atoms with Crippen molar-refractivity contribution in [3.63, 3.8) is 0 Å². The second kappa shape index (κ2) is 11.2. The van der Waals surface area contributed by atoms with Crippen LogP contribution in [-0.4, -0.2) is 29.0 Å². The van der Waals surface area contributed by atoms with Crippen LogP contribution in [0.15, 0.2) is 72.4 Å². The standard InChI is InChI=1S/C25H19F3N2O7/c1-36-22-12-15(11-19(24(32)33)29-23(31)16-5-3-2-4-6-16)7-10-21(22)37-14-17-8-9-18(25(26,27)28)13-20(17)30(34)35/h2-13H,14H2,1H3,(H,29,31)(H,32,33)/b19-11+. The van der Waals surface area contributed by atoms with Crippen LogP contribution >= 0.6 is 0 Å². The van der Waals surface area contributed by atoms with Crippen LogP contribution in [0.2, 0.25) is 0 Å². The Morgan fingerprint density at radius 1 is 1.05 bits per heavy atom. The number of methoxy groups -OCH3 is 1. The molecular formula is C25H19F3N2O7. The van der Waals surface area contributed by atoms with Crippen molar-refractivity contribution in [3.05, 3.63) is 105 Å². The molecule has 0 spiro atoms. The summed E-state index contributed by atoms with van der Waals surface area (Å²) in [7, 11) is 1.30. The summed E-state index contributed by atoms with van der Waals surface area (Å²) < 4.78 is 49.5. The summed E-state index contributed by atoms with van der Waals surface area (Å²) in [4.78, 5) is 34.3. The Balaban J connectivity index is 1.82. The minimum atomic E-state index is -4.74. The molecule has 0 fully saturated rings. The van der Waals surface area contributed by atoms with E-state index in [-0.39, 0.29) is 22.6 Å². The first kappa shape index (κ1) is 26.7. The van der Waals surface area contributed by atoms with Gasteiger partial charge in [-0.1, -0.05) is 24.3 Å². The van der Waals surface area contributed by atoms with E-state index in [4.69, 9.17) is 9.47 Å². The van der Waals surface area contributed by atoms with Gasteiger partial charge in [-0.05, 0) is 48.0 Å². The molecule has 0 unspecified atom stereocenters. The number of carbonyl (C=O) groups is 2. The molecule has 0 aliphatic rings. The molecule has 0 atom stereocenters. The molecule has 0 bridgehead atoms. The van der Waals surface area contributed by atoms with Crippen LogP contribution in [0.3, 0.4) is 0 Å². The third-order valence-electron chi connectivity index (χ3n) is 5.01. The summed E-state index contributed by atoms with van der Waals surface area (Å²) in [5.41, 5.74) is -1.85. The third kappa shape index (κ3) is 6.84. The lowest BCUT2D eigenvalue weighted by Crippen LogP contribution is -2.27. The van der Waals surface area contributed by atoms with E-state index >= 15 is 0 Å². The number of nitro groups is 1. The van der Waals surface area contributed by atoms with Crippen LogP contribution in [0, 0.1) is 10.1 Å². The Bertz CT molecular complexity index is 1360. The predicted octanol–water partition coefficient (Wildman–Crippen LogP) is 5.06. The number of alkyl halides is 3. The number of rotatable bonds is 9. The van der Waals surface area contributed by atoms with Crippen molar-refractivity contribution < 1.29 is 42.3 Å². The van der Waals surface area contributed by atoms with E-state index in [1.54, 1.807) is 18.2 Å². The monoisotopic (exact) mass is 516 g/mol. The lowest BCUT2D eigenvalue weighted by molar-refractivity contribution is -0.386. The van der Waals surface area contributed by atoms with Gasteiger partial charge in [-0.15, -0.1) is 0 Å². The topological polar surface area (TPSA) is 128 Å². The number of carboxylic acid groups (broad SMARTS) is 1. The average molecular weight is 516 g/mol. The fourth-order valence-electron chi connectivity index (χ4n) is 3.18. The second-order valence-corrected chi connectivity index (χ2v) is 7.48. The van der Waals surface area contributed by atoms with Gasteiger partial charge in [0, 0.05) is 11.6 Å². The fourth-order valence-corrected chi connectivity index (χ4v) is 3.18. The van der Waals surface area contributed by atoms with Gasteiger partial charge in [-0.2, -0.15) is 13.2 Å². The van der Waals surface area contributed by atoms with Crippen molar-refractivity contribution in [2.45, 2.75) is 12.8 Å². The number of amides is 1. The number of nitro benzene ring substituents is 1. The summed E-state index contributed by atoms with van der Waals surface area (Å²) in [6.07, 6.45) is -3.55. The Kier molecular flexibility index (Phi) is 8.12. The Morgan fingerprint density at radius 3 is 2.35 bits per heavy atom. The van der Waals surface area contributed by atoms with Crippen molar-refractivity contribution >= 4 is 23.6 Å². The molecule has 0 saturated heterocycles. The van der Waals surface area contributed by atoms with Crippen LogP contribution in [0.25, 0.3) is 6.08 Å². The van der Waals surface area contributed by atoms with E-state index in [1.807, 2.05) is 0 Å². The summed E-state index contributed by atoms with van der Waals surface area (Å²) in [5, 5.41) is 23.1. The Morgan fingerprint density at radius 2 is 1.76 bits per heavy atom. The smallest absolute Gasteiger partial charge is 0.416 e. The molecule has 1 amide bonds. The lowest BCUT2D eigenvalue weighted by atomic mass is 10.1. The highest BCUT2D eigenvalue weighted by Gasteiger charge is 2.33. The second-order valence-electron chi connectivity index (χ2n) is 7.48. The summed E-state index contributed by atoms with van der Waals surface area (Å²) >= 11 is 0. The zero-order chi connectivity index (χ0) is 27.2. The molecule has 3 aromatic carbocycles. The molecule has 0 saturated carbocycles. The molecule has 0 aliphatic carbocycles. The third-order valence-corrected chi connectivity index (χ3v) is 5.01. The molecule has 12 heteroatoms. The van der Waals surface area contributed by atoms with Gasteiger partial charge in [0.25, 0.3) is 11.6 Å². The molecule has 0 aliphatic heterocycles. The van der Waals surface area contributed by atoms with Gasteiger partial charge in [0.15, 0.2) is 11.5 Å². The molecule has 192 valence electrons. The van der Waals surface area contributed by atoms with Gasteiger partial charge >= 0.3 is 12.1 Å². The van der Waals surface area contributed by atoms with Crippen LogP contribution in [0.4, 0.5) is 18.9 Å². The first-order valence-corrected chi connectivity index (χ1v) is 10.5. The van der Waals surface area contributed by atoms with Gasteiger partial charge in [0.05, 0.1) is 23.2 Å². The summed E-state index contributed by atoms with van der Waals surface area (Å²) in [5.74, 6) is -1.81. The quantitative estimate of drug-likeness (QED) is 0.231. The molecule has 2 N–H and O–H groups in total. The van der Waals surface area contributed by atoms with Gasteiger partial charge in [-0.25, -0.2) is 4.79 Å². The number of nitrogens with one attached hydrogen (secondary N) is 1. The zero-order valence-electron chi connectivity index (χ0n) is 19.1. The maximum Gasteiger partial charge on any atom is 0.416 e. The molecule has 9 nitrogen and oxygen atoms in total. The Labute approximate surface area is 207 Å². The largest absolute Gasteiger partial charge is 0.493 e. The zero-order valence-corrected chi connectivity index (χ0v) is 19.1. The van der Waals surface area contributed by atoms with E-state index < -0.39 is 46.5 Å². The van der Waals surface area contributed by atoms with Gasteiger partial charge in [-0.3, -0.25) is 14.9 Å². The number of carbonyl (C=O) groups excluding carboxylic acids is 1. The SMILES string of the molecule is COc1cc(/C=C(/NC(=O)c2ccccc2)C(=O)O)ccc1OCc1ccc(C(F)(F)F)cc1[N+](=O)[O-]. The summed E-state index contributed by atoms with van der Waals surface area (Å²) in [6, 6.07) is 14.3. The fraction of sp³-hybridized carbons (Fsp3) is 0.120. The van der Waals surface area contributed by atoms with Crippen LogP contribution < -0.4 is 14.8 Å². The molecular weight excluding hydrogens is 497 g/mol. The highest BCUT2D eigenvalue weighted by atomic mass is 19.4. The first-order chi connectivity index (χ1) is 17.5. The number of carboxylic acids is 1. The number of ether oxygens (including phenoxy) is 2. The van der Waals surface area contributed by atoms with E-state index in [0.717, 1.165) is 6.07 Å². The molecule has 0 radical (unpaired) electrons. The number of aliphatic carboxylic acids is 1. The maximum absolute atomic E-state index is 12.9. The first-order valence-electron chi connectivity index (χ1n) is 10.5. The minimum absolute atomic E-state index is 0.0963. The highest BCUT2D eigenvalue weighted by Crippen LogP contribution is 2.34. The van der Waals surface area contributed by atoms with Crippen LogP contribution in [-0.2, 0) is 17.6 Å². The van der Waals surface area contributed by atoms with Crippen LogP contribution in [0.5, 0.6) is 11.5 Å². The van der Waals surface area contributed by atoms with Gasteiger partial charge < -0.3 is 19.9 Å². The van der Waals surface area contributed by atoms with Crippen molar-refractivity contribution in [1.82, 2.24) is 5.32 Å². The molecule has 0 aromatic heterocycles. The normalized spacial score (nSPS) is 11.5. The van der Waals surface area contributed by atoms with E-state index in [0.29, 0.717) is 17.7 Å². The van der Waals surface area contributed by atoms with E-state index in [1.165, 1.54) is 43.5 Å². The molecule has 37 heavy (non-hydrogen) atoms. The number of hydrogen-bond acceptors (Lipinski definition) is 6. The van der Waals surface area contributed by atoms with Gasteiger partial charge in [0.2, 0.25) is 0 Å². The van der Waals surface area contributed by atoms with Crippen molar-refractivity contribution in [3.8, 4) is 11.5 Å².